The van der Waals surface area contributed by atoms with Crippen LogP contribution in [-0.2, 0) is 16.0 Å². The van der Waals surface area contributed by atoms with Crippen molar-refractivity contribution in [1.82, 2.24) is 4.98 Å². The molecule has 1 aliphatic rings. The van der Waals surface area contributed by atoms with E-state index in [0.717, 1.165) is 0 Å². The van der Waals surface area contributed by atoms with Gasteiger partial charge in [-0.1, -0.05) is 6.92 Å². The molecule has 0 aliphatic carbocycles. The zero-order valence-corrected chi connectivity index (χ0v) is 16.2. The molecule has 1 aromatic heterocycles. The van der Waals surface area contributed by atoms with E-state index in [1.807, 2.05) is 6.92 Å². The van der Waals surface area contributed by atoms with E-state index in [0.29, 0.717) is 59.6 Å². The standard InChI is InChI=1S/C21H23N3O4/c1-4-16-19(13(3)25)12(2)22-20(16)21(28)23-14-8-10-15(11-9-14)24-17(26)6-5-7-18(24)27/h8-11,22H,4-7H2,1-3H3,(H,23,28). The highest BCUT2D eigenvalue weighted by Crippen LogP contribution is 2.25. The molecule has 3 amide bonds. The monoisotopic (exact) mass is 381 g/mol. The number of carbonyl (C=O) groups is 4. The Kier molecular flexibility index (Phi) is 5.44. The van der Waals surface area contributed by atoms with E-state index in [9.17, 15) is 19.2 Å². The lowest BCUT2D eigenvalue weighted by atomic mass is 10.0. The molecule has 28 heavy (non-hydrogen) atoms. The summed E-state index contributed by atoms with van der Waals surface area (Å²) in [7, 11) is 0. The molecule has 2 N–H and O–H groups in total. The largest absolute Gasteiger partial charge is 0.354 e. The Bertz CT molecular complexity index is 941. The maximum Gasteiger partial charge on any atom is 0.272 e. The van der Waals surface area contributed by atoms with Gasteiger partial charge in [-0.3, -0.25) is 24.1 Å². The maximum absolute atomic E-state index is 12.7. The van der Waals surface area contributed by atoms with Crippen LogP contribution in [0.1, 0.15) is 65.2 Å². The molecule has 0 bridgehead atoms. The van der Waals surface area contributed by atoms with Crippen molar-refractivity contribution in [1.29, 1.82) is 0 Å². The molecular weight excluding hydrogens is 358 g/mol. The zero-order valence-electron chi connectivity index (χ0n) is 16.2. The van der Waals surface area contributed by atoms with Crippen LogP contribution in [-0.4, -0.2) is 28.5 Å². The van der Waals surface area contributed by atoms with Crippen LogP contribution in [0, 0.1) is 6.92 Å². The predicted octanol–water partition coefficient (Wildman–Crippen LogP) is 3.38. The van der Waals surface area contributed by atoms with Crippen molar-refractivity contribution in [3.63, 3.8) is 0 Å². The Hall–Kier alpha value is -3.22. The first-order valence-corrected chi connectivity index (χ1v) is 9.33. The highest BCUT2D eigenvalue weighted by Gasteiger charge is 2.27. The van der Waals surface area contributed by atoms with Crippen LogP contribution in [0.4, 0.5) is 11.4 Å². The molecule has 0 unspecified atom stereocenters. The number of amides is 3. The number of nitrogens with one attached hydrogen (secondary N) is 2. The van der Waals surface area contributed by atoms with E-state index < -0.39 is 0 Å². The van der Waals surface area contributed by atoms with Gasteiger partial charge in [-0.25, -0.2) is 0 Å². The lowest BCUT2D eigenvalue weighted by Gasteiger charge is -2.24. The van der Waals surface area contributed by atoms with Crippen LogP contribution in [0.2, 0.25) is 0 Å². The number of aromatic amines is 1. The number of benzene rings is 1. The second-order valence-electron chi connectivity index (χ2n) is 6.87. The molecule has 1 aliphatic heterocycles. The number of hydrogen-bond donors (Lipinski definition) is 2. The summed E-state index contributed by atoms with van der Waals surface area (Å²) in [4.78, 5) is 52.8. The number of aryl methyl sites for hydroxylation is 1. The van der Waals surface area contributed by atoms with Gasteiger partial charge in [-0.05, 0) is 56.5 Å². The number of Topliss-reactive ketones (excluding diaryl/α,β-unsaturated/α-hetero) is 1. The van der Waals surface area contributed by atoms with E-state index in [1.54, 1.807) is 31.2 Å². The third kappa shape index (κ3) is 3.60. The van der Waals surface area contributed by atoms with Gasteiger partial charge in [0.05, 0.1) is 5.69 Å². The van der Waals surface area contributed by atoms with Crippen molar-refractivity contribution in [3.05, 3.63) is 46.8 Å². The average Bonchev–Trinajstić information content (AvgIpc) is 2.99. The van der Waals surface area contributed by atoms with Crippen LogP contribution in [0.3, 0.4) is 0 Å². The Morgan fingerprint density at radius 3 is 2.25 bits per heavy atom. The molecule has 0 saturated carbocycles. The SMILES string of the molecule is CCc1c(C(=O)Nc2ccc(N3C(=O)CCCC3=O)cc2)[nH]c(C)c1C(C)=O. The van der Waals surface area contributed by atoms with Crippen molar-refractivity contribution in [2.75, 3.05) is 10.2 Å². The summed E-state index contributed by atoms with van der Waals surface area (Å²) in [5, 5.41) is 2.80. The summed E-state index contributed by atoms with van der Waals surface area (Å²) >= 11 is 0. The van der Waals surface area contributed by atoms with Crippen molar-refractivity contribution < 1.29 is 19.2 Å². The summed E-state index contributed by atoms with van der Waals surface area (Å²) in [6, 6.07) is 6.57. The van der Waals surface area contributed by atoms with E-state index in [-0.39, 0.29) is 23.5 Å². The topological polar surface area (TPSA) is 99.3 Å². The Balaban J connectivity index is 1.80. The van der Waals surface area contributed by atoms with Crippen molar-refractivity contribution in [2.24, 2.45) is 0 Å². The Labute approximate surface area is 163 Å². The minimum Gasteiger partial charge on any atom is -0.354 e. The maximum atomic E-state index is 12.7. The molecule has 7 heteroatoms. The molecule has 146 valence electrons. The minimum absolute atomic E-state index is 0.0788. The highest BCUT2D eigenvalue weighted by atomic mass is 16.2. The van der Waals surface area contributed by atoms with Crippen LogP contribution in [0.5, 0.6) is 0 Å². The Morgan fingerprint density at radius 1 is 1.11 bits per heavy atom. The first kappa shape index (κ1) is 19.5. The zero-order chi connectivity index (χ0) is 20.4. The summed E-state index contributed by atoms with van der Waals surface area (Å²) in [5.41, 5.74) is 3.33. The molecule has 7 nitrogen and oxygen atoms in total. The third-order valence-electron chi connectivity index (χ3n) is 4.89. The van der Waals surface area contributed by atoms with Gasteiger partial charge in [0, 0.05) is 29.8 Å². The summed E-state index contributed by atoms with van der Waals surface area (Å²) in [5.74, 6) is -0.839. The van der Waals surface area contributed by atoms with Crippen molar-refractivity contribution in [3.8, 4) is 0 Å². The molecule has 0 radical (unpaired) electrons. The first-order valence-electron chi connectivity index (χ1n) is 9.33. The number of hydrogen-bond acceptors (Lipinski definition) is 4. The summed E-state index contributed by atoms with van der Waals surface area (Å²) in [6.45, 7) is 5.15. The fraction of sp³-hybridized carbons (Fsp3) is 0.333. The van der Waals surface area contributed by atoms with Crippen LogP contribution in [0.25, 0.3) is 0 Å². The third-order valence-corrected chi connectivity index (χ3v) is 4.89. The lowest BCUT2D eigenvalue weighted by Crippen LogP contribution is -2.40. The number of imide groups is 1. The Morgan fingerprint density at radius 2 is 1.71 bits per heavy atom. The number of rotatable bonds is 5. The normalized spacial score (nSPS) is 14.3. The molecule has 1 saturated heterocycles. The number of H-pyrrole nitrogens is 1. The number of ketones is 1. The minimum atomic E-state index is -0.342. The molecule has 1 fully saturated rings. The fourth-order valence-corrected chi connectivity index (χ4v) is 3.63. The van der Waals surface area contributed by atoms with Gasteiger partial charge >= 0.3 is 0 Å². The average molecular weight is 381 g/mol. The number of anilines is 2. The van der Waals surface area contributed by atoms with E-state index >= 15 is 0 Å². The number of nitrogens with zero attached hydrogens (tertiary/aromatic N) is 1. The number of piperidine rings is 1. The van der Waals surface area contributed by atoms with Crippen LogP contribution >= 0.6 is 0 Å². The second kappa shape index (κ2) is 7.80. The van der Waals surface area contributed by atoms with Gasteiger partial charge in [0.15, 0.2) is 5.78 Å². The van der Waals surface area contributed by atoms with Gasteiger partial charge in [-0.2, -0.15) is 0 Å². The highest BCUT2D eigenvalue weighted by molar-refractivity contribution is 6.16. The molecule has 2 aromatic rings. The molecule has 0 spiro atoms. The summed E-state index contributed by atoms with van der Waals surface area (Å²) < 4.78 is 0. The molecule has 3 rings (SSSR count). The smallest absolute Gasteiger partial charge is 0.272 e. The first-order chi connectivity index (χ1) is 13.3. The van der Waals surface area contributed by atoms with E-state index in [2.05, 4.69) is 10.3 Å². The number of carbonyl (C=O) groups excluding carboxylic acids is 4. The molecule has 2 heterocycles. The molecule has 1 aromatic carbocycles. The molecular formula is C21H23N3O4. The van der Waals surface area contributed by atoms with Crippen LogP contribution in [0.15, 0.2) is 24.3 Å². The van der Waals surface area contributed by atoms with Crippen LogP contribution < -0.4 is 10.2 Å². The van der Waals surface area contributed by atoms with Gasteiger partial charge in [0.2, 0.25) is 11.8 Å². The predicted molar refractivity (Wildman–Crippen MR) is 106 cm³/mol. The van der Waals surface area contributed by atoms with Gasteiger partial charge in [-0.15, -0.1) is 0 Å². The van der Waals surface area contributed by atoms with E-state index in [1.165, 1.54) is 11.8 Å². The van der Waals surface area contributed by atoms with Gasteiger partial charge in [0.25, 0.3) is 5.91 Å². The lowest BCUT2D eigenvalue weighted by molar-refractivity contribution is -0.129. The fourth-order valence-electron chi connectivity index (χ4n) is 3.63. The van der Waals surface area contributed by atoms with E-state index in [4.69, 9.17) is 0 Å². The van der Waals surface area contributed by atoms with Gasteiger partial charge in [0.1, 0.15) is 5.69 Å². The number of aromatic nitrogens is 1. The van der Waals surface area contributed by atoms with Crippen molar-refractivity contribution >= 4 is 34.9 Å². The van der Waals surface area contributed by atoms with Crippen molar-refractivity contribution in [2.45, 2.75) is 46.5 Å². The quantitative estimate of drug-likeness (QED) is 0.612. The second-order valence-corrected chi connectivity index (χ2v) is 6.87. The summed E-state index contributed by atoms with van der Waals surface area (Å²) in [6.07, 6.45) is 1.85. The van der Waals surface area contributed by atoms with Gasteiger partial charge < -0.3 is 10.3 Å². The molecule has 0 atom stereocenters.